The van der Waals surface area contributed by atoms with Crippen LogP contribution in [-0.4, -0.2) is 27.7 Å². The number of hydrogen-bond donors (Lipinski definition) is 3. The molecule has 0 saturated carbocycles. The van der Waals surface area contributed by atoms with Crippen molar-refractivity contribution in [2.75, 3.05) is 17.7 Å². The smallest absolute Gasteiger partial charge is 0.132 e. The van der Waals surface area contributed by atoms with Crippen LogP contribution < -0.4 is 11.1 Å². The summed E-state index contributed by atoms with van der Waals surface area (Å²) in [6.07, 6.45) is 0.743. The third-order valence-corrected chi connectivity index (χ3v) is 1.78. The van der Waals surface area contributed by atoms with E-state index in [0.29, 0.717) is 17.5 Å². The van der Waals surface area contributed by atoms with Crippen LogP contribution in [0.1, 0.15) is 19.7 Å². The minimum Gasteiger partial charge on any atom is -0.394 e. The minimum absolute atomic E-state index is 0.0333. The second-order valence-electron chi connectivity index (χ2n) is 3.18. The molecule has 1 heterocycles. The first-order valence-electron chi connectivity index (χ1n) is 4.66. The molecule has 0 amide bonds. The molecule has 1 aromatic heterocycles. The second-order valence-corrected chi connectivity index (χ2v) is 3.18. The van der Waals surface area contributed by atoms with E-state index in [1.54, 1.807) is 6.07 Å². The Morgan fingerprint density at radius 3 is 2.86 bits per heavy atom. The molecule has 0 aliphatic rings. The van der Waals surface area contributed by atoms with Gasteiger partial charge in [-0.25, -0.2) is 9.97 Å². The van der Waals surface area contributed by atoms with Gasteiger partial charge >= 0.3 is 0 Å². The lowest BCUT2D eigenvalue weighted by Gasteiger charge is -2.12. The summed E-state index contributed by atoms with van der Waals surface area (Å²) in [6.45, 7) is 3.89. The molecule has 0 fully saturated rings. The molecule has 0 aromatic carbocycles. The van der Waals surface area contributed by atoms with Gasteiger partial charge in [0.25, 0.3) is 0 Å². The number of aromatic nitrogens is 2. The number of hydrogen-bond acceptors (Lipinski definition) is 5. The second kappa shape index (κ2) is 4.76. The van der Waals surface area contributed by atoms with Crippen LogP contribution in [-0.2, 0) is 6.42 Å². The highest BCUT2D eigenvalue weighted by Crippen LogP contribution is 2.09. The first kappa shape index (κ1) is 10.7. The molecule has 1 atom stereocenters. The average Bonchev–Trinajstić information content (AvgIpc) is 2.16. The third-order valence-electron chi connectivity index (χ3n) is 1.78. The van der Waals surface area contributed by atoms with Gasteiger partial charge in [0.15, 0.2) is 0 Å². The van der Waals surface area contributed by atoms with Gasteiger partial charge in [-0.05, 0) is 6.92 Å². The lowest BCUT2D eigenvalue weighted by Crippen LogP contribution is -2.20. The Morgan fingerprint density at radius 2 is 2.29 bits per heavy atom. The van der Waals surface area contributed by atoms with Gasteiger partial charge in [-0.1, -0.05) is 6.92 Å². The summed E-state index contributed by atoms with van der Waals surface area (Å²) in [4.78, 5) is 8.28. The molecule has 0 aliphatic carbocycles. The van der Waals surface area contributed by atoms with Crippen molar-refractivity contribution >= 4 is 11.6 Å². The Kier molecular flexibility index (Phi) is 3.64. The number of nitrogens with zero attached hydrogens (tertiary/aromatic N) is 2. The molecule has 4 N–H and O–H groups in total. The van der Waals surface area contributed by atoms with E-state index >= 15 is 0 Å². The Labute approximate surface area is 83.4 Å². The van der Waals surface area contributed by atoms with E-state index < -0.39 is 0 Å². The van der Waals surface area contributed by atoms with Gasteiger partial charge in [0.1, 0.15) is 17.5 Å². The summed E-state index contributed by atoms with van der Waals surface area (Å²) in [6, 6.07) is 1.62. The summed E-state index contributed by atoms with van der Waals surface area (Å²) < 4.78 is 0. The summed E-state index contributed by atoms with van der Waals surface area (Å²) in [7, 11) is 0. The van der Waals surface area contributed by atoms with Crippen molar-refractivity contribution in [2.45, 2.75) is 26.3 Å². The topological polar surface area (TPSA) is 84.1 Å². The molecule has 0 radical (unpaired) electrons. The Hall–Kier alpha value is -1.36. The molecule has 0 spiro atoms. The lowest BCUT2D eigenvalue weighted by atomic mass is 10.3. The maximum Gasteiger partial charge on any atom is 0.132 e. The van der Waals surface area contributed by atoms with Crippen molar-refractivity contribution in [3.05, 3.63) is 11.9 Å². The average molecular weight is 196 g/mol. The number of aliphatic hydroxyl groups excluding tert-OH is 1. The number of aliphatic hydroxyl groups is 1. The third kappa shape index (κ3) is 2.85. The highest BCUT2D eigenvalue weighted by Gasteiger charge is 2.04. The van der Waals surface area contributed by atoms with Crippen molar-refractivity contribution in [3.8, 4) is 0 Å². The molecule has 5 nitrogen and oxygen atoms in total. The zero-order chi connectivity index (χ0) is 10.6. The first-order valence-corrected chi connectivity index (χ1v) is 4.66. The predicted molar refractivity (Wildman–Crippen MR) is 56.0 cm³/mol. The van der Waals surface area contributed by atoms with Crippen LogP contribution in [0.4, 0.5) is 11.6 Å². The molecule has 14 heavy (non-hydrogen) atoms. The minimum atomic E-state index is -0.0333. The number of aryl methyl sites for hydroxylation is 1. The molecular formula is C9H16N4O. The summed E-state index contributed by atoms with van der Waals surface area (Å²) in [5, 5.41) is 11.9. The molecule has 1 unspecified atom stereocenters. The molecule has 1 aromatic rings. The van der Waals surface area contributed by atoms with Gasteiger partial charge in [0, 0.05) is 18.5 Å². The highest BCUT2D eigenvalue weighted by molar-refractivity contribution is 5.45. The van der Waals surface area contributed by atoms with Crippen molar-refractivity contribution < 1.29 is 5.11 Å². The van der Waals surface area contributed by atoms with E-state index in [1.807, 2.05) is 13.8 Å². The fourth-order valence-corrected chi connectivity index (χ4v) is 1.05. The SMILES string of the molecule is CCc1nc(N)cc(NC(C)CO)n1. The summed E-state index contributed by atoms with van der Waals surface area (Å²) >= 11 is 0. The van der Waals surface area contributed by atoms with Gasteiger partial charge in [-0.3, -0.25) is 0 Å². The first-order chi connectivity index (χ1) is 6.65. The van der Waals surface area contributed by atoms with E-state index in [-0.39, 0.29) is 12.6 Å². The standard InChI is InChI=1S/C9H16N4O/c1-3-8-12-7(10)4-9(13-8)11-6(2)5-14/h4,6,14H,3,5H2,1-2H3,(H3,10,11,12,13). The van der Waals surface area contributed by atoms with Crippen molar-refractivity contribution in [3.63, 3.8) is 0 Å². The van der Waals surface area contributed by atoms with Crippen LogP contribution in [0.15, 0.2) is 6.07 Å². The van der Waals surface area contributed by atoms with E-state index in [1.165, 1.54) is 0 Å². The zero-order valence-corrected chi connectivity index (χ0v) is 8.49. The van der Waals surface area contributed by atoms with Crippen LogP contribution in [0, 0.1) is 0 Å². The number of nitrogens with one attached hydrogen (secondary N) is 1. The normalized spacial score (nSPS) is 12.5. The number of nitrogen functional groups attached to an aromatic ring is 1. The van der Waals surface area contributed by atoms with Crippen LogP contribution in [0.25, 0.3) is 0 Å². The van der Waals surface area contributed by atoms with Crippen LogP contribution in [0.3, 0.4) is 0 Å². The predicted octanol–water partition coefficient (Wildman–Crippen LogP) is 0.414. The summed E-state index contributed by atoms with van der Waals surface area (Å²) in [5.41, 5.74) is 5.60. The van der Waals surface area contributed by atoms with Gasteiger partial charge in [-0.15, -0.1) is 0 Å². The molecule has 5 heteroatoms. The van der Waals surface area contributed by atoms with E-state index in [9.17, 15) is 0 Å². The monoisotopic (exact) mass is 196 g/mol. The Bertz CT molecular complexity index is 303. The Balaban J connectivity index is 2.81. The van der Waals surface area contributed by atoms with Crippen molar-refractivity contribution in [2.24, 2.45) is 0 Å². The molecule has 0 aliphatic heterocycles. The van der Waals surface area contributed by atoms with Gasteiger partial charge in [0.2, 0.25) is 0 Å². The van der Waals surface area contributed by atoms with E-state index in [4.69, 9.17) is 10.8 Å². The number of nitrogens with two attached hydrogens (primary N) is 1. The van der Waals surface area contributed by atoms with Crippen molar-refractivity contribution in [1.82, 2.24) is 9.97 Å². The Morgan fingerprint density at radius 1 is 1.57 bits per heavy atom. The fraction of sp³-hybridized carbons (Fsp3) is 0.556. The highest BCUT2D eigenvalue weighted by atomic mass is 16.3. The van der Waals surface area contributed by atoms with Gasteiger partial charge < -0.3 is 16.2 Å². The molecule has 0 bridgehead atoms. The maximum atomic E-state index is 8.85. The number of anilines is 2. The quantitative estimate of drug-likeness (QED) is 0.649. The van der Waals surface area contributed by atoms with Crippen LogP contribution in [0.2, 0.25) is 0 Å². The molecular weight excluding hydrogens is 180 g/mol. The molecule has 0 saturated heterocycles. The summed E-state index contributed by atoms with van der Waals surface area (Å²) in [5.74, 6) is 1.82. The van der Waals surface area contributed by atoms with E-state index in [0.717, 1.165) is 6.42 Å². The fourth-order valence-electron chi connectivity index (χ4n) is 1.05. The van der Waals surface area contributed by atoms with Crippen molar-refractivity contribution in [1.29, 1.82) is 0 Å². The largest absolute Gasteiger partial charge is 0.394 e. The zero-order valence-electron chi connectivity index (χ0n) is 8.49. The van der Waals surface area contributed by atoms with Crippen LogP contribution in [0.5, 0.6) is 0 Å². The van der Waals surface area contributed by atoms with Gasteiger partial charge in [-0.2, -0.15) is 0 Å². The molecule has 1 rings (SSSR count). The maximum absolute atomic E-state index is 8.85. The molecule has 78 valence electrons. The lowest BCUT2D eigenvalue weighted by molar-refractivity contribution is 0.281. The van der Waals surface area contributed by atoms with Gasteiger partial charge in [0.05, 0.1) is 6.61 Å². The van der Waals surface area contributed by atoms with E-state index in [2.05, 4.69) is 15.3 Å². The van der Waals surface area contributed by atoms with Crippen LogP contribution >= 0.6 is 0 Å². The number of rotatable bonds is 4.